The van der Waals surface area contributed by atoms with Crippen LogP contribution in [0.2, 0.25) is 0 Å². The molecule has 1 heterocycles. The fraction of sp³-hybridized carbons (Fsp3) is 0.857. The highest BCUT2D eigenvalue weighted by Crippen LogP contribution is 2.27. The number of hydrogen-bond acceptors (Lipinski definition) is 3. The van der Waals surface area contributed by atoms with Crippen LogP contribution in [0.25, 0.3) is 0 Å². The zero-order chi connectivity index (χ0) is 14.6. The van der Waals surface area contributed by atoms with E-state index in [1.165, 1.54) is 0 Å². The van der Waals surface area contributed by atoms with E-state index in [1.807, 2.05) is 18.7 Å². The minimum atomic E-state index is -0.651. The summed E-state index contributed by atoms with van der Waals surface area (Å²) in [5.74, 6) is 6.31. The third-order valence-corrected chi connectivity index (χ3v) is 4.13. The van der Waals surface area contributed by atoms with E-state index in [-0.39, 0.29) is 11.8 Å². The van der Waals surface area contributed by atoms with Gasteiger partial charge in [-0.05, 0) is 38.5 Å². The Kier molecular flexibility index (Phi) is 5.35. The first kappa shape index (κ1) is 16.0. The molecule has 1 fully saturated rings. The molecule has 0 aliphatic carbocycles. The monoisotopic (exact) mass is 269 g/mol. The summed E-state index contributed by atoms with van der Waals surface area (Å²) in [6.45, 7) is 9.20. The highest BCUT2D eigenvalue weighted by Gasteiger charge is 2.33. The van der Waals surface area contributed by atoms with E-state index >= 15 is 0 Å². The highest BCUT2D eigenvalue weighted by molar-refractivity contribution is 5.83. The quantitative estimate of drug-likeness (QED) is 0.459. The van der Waals surface area contributed by atoms with Crippen LogP contribution in [-0.2, 0) is 9.59 Å². The van der Waals surface area contributed by atoms with Gasteiger partial charge in [0.25, 0.3) is 0 Å². The van der Waals surface area contributed by atoms with Crippen LogP contribution < -0.4 is 11.3 Å². The molecule has 0 spiro atoms. The lowest BCUT2D eigenvalue weighted by Gasteiger charge is -2.30. The Bertz CT molecular complexity index is 340. The number of amides is 2. The Hall–Kier alpha value is -1.10. The van der Waals surface area contributed by atoms with E-state index < -0.39 is 5.41 Å². The van der Waals surface area contributed by atoms with Gasteiger partial charge in [-0.15, -0.1) is 0 Å². The van der Waals surface area contributed by atoms with Gasteiger partial charge in [-0.1, -0.05) is 13.8 Å². The highest BCUT2D eigenvalue weighted by atomic mass is 16.2. The third kappa shape index (κ3) is 4.20. The summed E-state index contributed by atoms with van der Waals surface area (Å²) in [5.41, 5.74) is 1.52. The summed E-state index contributed by atoms with van der Waals surface area (Å²) in [6.07, 6.45) is 2.56. The molecule has 19 heavy (non-hydrogen) atoms. The average Bonchev–Trinajstić information content (AvgIpc) is 2.51. The smallest absolute Gasteiger partial charge is 0.241 e. The number of nitrogens with one attached hydrogen (secondary N) is 1. The van der Waals surface area contributed by atoms with Gasteiger partial charge in [-0.3, -0.25) is 15.0 Å². The molecule has 1 saturated heterocycles. The summed E-state index contributed by atoms with van der Waals surface area (Å²) < 4.78 is 0. The number of rotatable bonds is 4. The molecule has 0 bridgehead atoms. The van der Waals surface area contributed by atoms with Crippen molar-refractivity contribution in [2.24, 2.45) is 23.1 Å². The second kappa shape index (κ2) is 6.37. The predicted octanol–water partition coefficient (Wildman–Crippen LogP) is 1.29. The number of hydrogen-bond donors (Lipinski definition) is 2. The van der Waals surface area contributed by atoms with E-state index in [2.05, 4.69) is 19.3 Å². The van der Waals surface area contributed by atoms with E-state index in [0.29, 0.717) is 24.8 Å². The van der Waals surface area contributed by atoms with Crippen molar-refractivity contribution >= 4 is 11.8 Å². The molecule has 1 unspecified atom stereocenters. The minimum Gasteiger partial charge on any atom is -0.342 e. The SMILES string of the molecule is CC(C)C1CCC(=O)N(CC(C)(C)C(=O)NN)CC1. The van der Waals surface area contributed by atoms with Crippen molar-refractivity contribution in [1.82, 2.24) is 10.3 Å². The lowest BCUT2D eigenvalue weighted by Crippen LogP contribution is -2.48. The van der Waals surface area contributed by atoms with Gasteiger partial charge in [0.15, 0.2) is 0 Å². The van der Waals surface area contributed by atoms with Gasteiger partial charge in [0.1, 0.15) is 0 Å². The number of nitrogens with zero attached hydrogens (tertiary/aromatic N) is 1. The normalized spacial score (nSPS) is 21.5. The second-order valence-corrected chi connectivity index (χ2v) is 6.50. The average molecular weight is 269 g/mol. The fourth-order valence-electron chi connectivity index (χ4n) is 2.64. The number of likely N-dealkylation sites (tertiary alicyclic amines) is 1. The molecule has 0 saturated carbocycles. The zero-order valence-corrected chi connectivity index (χ0v) is 12.5. The van der Waals surface area contributed by atoms with Crippen LogP contribution in [-0.4, -0.2) is 29.8 Å². The molecule has 0 radical (unpaired) electrons. The molecule has 2 amide bonds. The minimum absolute atomic E-state index is 0.154. The maximum atomic E-state index is 12.1. The molecule has 1 rings (SSSR count). The van der Waals surface area contributed by atoms with Crippen molar-refractivity contribution in [3.05, 3.63) is 0 Å². The Labute approximate surface area is 115 Å². The predicted molar refractivity (Wildman–Crippen MR) is 74.9 cm³/mol. The van der Waals surface area contributed by atoms with E-state index in [0.717, 1.165) is 19.4 Å². The molecular weight excluding hydrogens is 242 g/mol. The van der Waals surface area contributed by atoms with Gasteiger partial charge >= 0.3 is 0 Å². The maximum absolute atomic E-state index is 12.1. The van der Waals surface area contributed by atoms with Crippen molar-refractivity contribution in [2.75, 3.05) is 13.1 Å². The maximum Gasteiger partial charge on any atom is 0.241 e. The Morgan fingerprint density at radius 2 is 2.11 bits per heavy atom. The molecule has 0 aromatic heterocycles. The molecule has 5 nitrogen and oxygen atoms in total. The van der Waals surface area contributed by atoms with Crippen molar-refractivity contribution in [3.8, 4) is 0 Å². The summed E-state index contributed by atoms with van der Waals surface area (Å²) in [4.78, 5) is 25.6. The largest absolute Gasteiger partial charge is 0.342 e. The summed E-state index contributed by atoms with van der Waals surface area (Å²) in [7, 11) is 0. The van der Waals surface area contributed by atoms with Crippen molar-refractivity contribution in [1.29, 1.82) is 0 Å². The van der Waals surface area contributed by atoms with Crippen LogP contribution in [0.4, 0.5) is 0 Å². The summed E-state index contributed by atoms with van der Waals surface area (Å²) in [5, 5.41) is 0. The van der Waals surface area contributed by atoms with Crippen molar-refractivity contribution in [3.63, 3.8) is 0 Å². The van der Waals surface area contributed by atoms with Gasteiger partial charge in [-0.2, -0.15) is 0 Å². The van der Waals surface area contributed by atoms with E-state index in [1.54, 1.807) is 0 Å². The lowest BCUT2D eigenvalue weighted by molar-refractivity contribution is -0.136. The van der Waals surface area contributed by atoms with Gasteiger partial charge < -0.3 is 4.90 Å². The van der Waals surface area contributed by atoms with Crippen molar-refractivity contribution < 1.29 is 9.59 Å². The van der Waals surface area contributed by atoms with E-state index in [4.69, 9.17) is 5.84 Å². The van der Waals surface area contributed by atoms with Gasteiger partial charge in [-0.25, -0.2) is 5.84 Å². The van der Waals surface area contributed by atoms with Gasteiger partial charge in [0.05, 0.1) is 5.41 Å². The van der Waals surface area contributed by atoms with E-state index in [9.17, 15) is 9.59 Å². The number of carbonyl (C=O) groups excluding carboxylic acids is 2. The molecule has 0 aromatic carbocycles. The Balaban J connectivity index is 2.68. The number of nitrogens with two attached hydrogens (primary N) is 1. The summed E-state index contributed by atoms with van der Waals surface area (Å²) >= 11 is 0. The molecule has 110 valence electrons. The first-order valence-corrected chi connectivity index (χ1v) is 7.06. The lowest BCUT2D eigenvalue weighted by atomic mass is 9.89. The first-order valence-electron chi connectivity index (χ1n) is 7.06. The van der Waals surface area contributed by atoms with Gasteiger partial charge in [0, 0.05) is 19.5 Å². The Morgan fingerprint density at radius 1 is 1.47 bits per heavy atom. The zero-order valence-electron chi connectivity index (χ0n) is 12.5. The molecule has 3 N–H and O–H groups in total. The third-order valence-electron chi connectivity index (χ3n) is 4.13. The summed E-state index contributed by atoms with van der Waals surface area (Å²) in [6, 6.07) is 0. The first-order chi connectivity index (χ1) is 8.77. The van der Waals surface area contributed by atoms with Crippen LogP contribution in [0.15, 0.2) is 0 Å². The topological polar surface area (TPSA) is 75.4 Å². The molecule has 1 aliphatic rings. The van der Waals surface area contributed by atoms with Crippen LogP contribution >= 0.6 is 0 Å². The Morgan fingerprint density at radius 3 is 2.63 bits per heavy atom. The molecule has 1 aliphatic heterocycles. The number of carbonyl (C=O) groups is 2. The molecular formula is C14H27N3O2. The molecule has 1 atom stereocenters. The second-order valence-electron chi connectivity index (χ2n) is 6.50. The van der Waals surface area contributed by atoms with Crippen LogP contribution in [0.3, 0.4) is 0 Å². The fourth-order valence-corrected chi connectivity index (χ4v) is 2.64. The van der Waals surface area contributed by atoms with Gasteiger partial charge in [0.2, 0.25) is 11.8 Å². The van der Waals surface area contributed by atoms with Crippen molar-refractivity contribution in [2.45, 2.75) is 47.0 Å². The van der Waals surface area contributed by atoms with Crippen LogP contribution in [0, 0.1) is 17.3 Å². The van der Waals surface area contributed by atoms with Crippen LogP contribution in [0.1, 0.15) is 47.0 Å². The number of hydrazine groups is 1. The molecule has 5 heteroatoms. The van der Waals surface area contributed by atoms with Crippen LogP contribution in [0.5, 0.6) is 0 Å². The standard InChI is InChI=1S/C14H27N3O2/c1-10(2)11-5-6-12(18)17(8-7-11)9-14(3,4)13(19)16-15/h10-11H,5-9,15H2,1-4H3,(H,16,19). The molecule has 0 aromatic rings.